The smallest absolute Gasteiger partial charge is 0.267 e. The Morgan fingerprint density at radius 1 is 1.41 bits per heavy atom. The molecule has 1 amide bonds. The third-order valence-corrected chi connectivity index (χ3v) is 4.88. The van der Waals surface area contributed by atoms with Crippen LogP contribution in [0.3, 0.4) is 0 Å². The Labute approximate surface area is 140 Å². The van der Waals surface area contributed by atoms with Gasteiger partial charge in [-0.3, -0.25) is 4.79 Å². The van der Waals surface area contributed by atoms with Gasteiger partial charge < -0.3 is 0 Å². The van der Waals surface area contributed by atoms with E-state index < -0.39 is 0 Å². The second-order valence-corrected chi connectivity index (χ2v) is 6.69. The number of halogens is 1. The largest absolute Gasteiger partial charge is 0.271 e. The Balaban J connectivity index is 2.11. The second-order valence-electron chi connectivity index (χ2n) is 5.83. The van der Waals surface area contributed by atoms with Crippen molar-refractivity contribution < 1.29 is 4.79 Å². The van der Waals surface area contributed by atoms with Gasteiger partial charge >= 0.3 is 0 Å². The van der Waals surface area contributed by atoms with Crippen LogP contribution in [0.1, 0.15) is 42.6 Å². The van der Waals surface area contributed by atoms with Gasteiger partial charge in [0.1, 0.15) is 0 Å². The molecule has 0 aliphatic heterocycles. The van der Waals surface area contributed by atoms with Crippen molar-refractivity contribution in [1.29, 1.82) is 0 Å². The normalized spacial score (nSPS) is 19.7. The topological polar surface area (TPSA) is 41.5 Å². The van der Waals surface area contributed by atoms with E-state index in [0.29, 0.717) is 11.5 Å². The number of benzene rings is 1. The summed E-state index contributed by atoms with van der Waals surface area (Å²) in [6.07, 6.45) is 3.99. The molecule has 0 heterocycles. The number of carbonyl (C=O) groups excluding carboxylic acids is 1. The van der Waals surface area contributed by atoms with Gasteiger partial charge in [-0.25, -0.2) is 5.43 Å². The lowest BCUT2D eigenvalue weighted by Crippen LogP contribution is -2.23. The van der Waals surface area contributed by atoms with Crippen molar-refractivity contribution >= 4 is 27.5 Å². The van der Waals surface area contributed by atoms with Gasteiger partial charge in [0.05, 0.1) is 5.71 Å². The molecule has 0 saturated carbocycles. The lowest BCUT2D eigenvalue weighted by molar-refractivity contribution is 0.0954. The molecule has 2 rings (SSSR count). The maximum Gasteiger partial charge on any atom is 0.271 e. The maximum absolute atomic E-state index is 12.2. The number of aryl methyl sites for hydroxylation is 1. The highest BCUT2D eigenvalue weighted by molar-refractivity contribution is 9.10. The molecule has 0 spiro atoms. The number of allylic oxidation sites excluding steroid dienone is 3. The average Bonchev–Trinajstić information content (AvgIpc) is 2.48. The van der Waals surface area contributed by atoms with Crippen molar-refractivity contribution in [3.63, 3.8) is 0 Å². The third kappa shape index (κ3) is 3.95. The van der Waals surface area contributed by atoms with E-state index in [1.54, 1.807) is 6.07 Å². The lowest BCUT2D eigenvalue weighted by atomic mass is 9.85. The van der Waals surface area contributed by atoms with Gasteiger partial charge in [-0.15, -0.1) is 0 Å². The fourth-order valence-electron chi connectivity index (χ4n) is 2.34. The molecule has 0 saturated heterocycles. The molecule has 0 radical (unpaired) electrons. The van der Waals surface area contributed by atoms with Crippen LogP contribution in [-0.2, 0) is 0 Å². The van der Waals surface area contributed by atoms with Crippen LogP contribution in [0.4, 0.5) is 0 Å². The van der Waals surface area contributed by atoms with Gasteiger partial charge in [0.15, 0.2) is 0 Å². The van der Waals surface area contributed by atoms with Crippen LogP contribution < -0.4 is 5.43 Å². The molecule has 0 aromatic heterocycles. The number of amides is 1. The van der Waals surface area contributed by atoms with Crippen molar-refractivity contribution in [3.05, 3.63) is 57.6 Å². The van der Waals surface area contributed by atoms with Crippen molar-refractivity contribution in [2.75, 3.05) is 0 Å². The van der Waals surface area contributed by atoms with Crippen molar-refractivity contribution in [2.24, 2.45) is 11.0 Å². The number of hydrogen-bond donors (Lipinski definition) is 1. The van der Waals surface area contributed by atoms with Crippen LogP contribution in [0.25, 0.3) is 0 Å². The Morgan fingerprint density at radius 2 is 2.14 bits per heavy atom. The summed E-state index contributed by atoms with van der Waals surface area (Å²) < 4.78 is 0.920. The van der Waals surface area contributed by atoms with Gasteiger partial charge in [0.25, 0.3) is 5.91 Å². The molecule has 1 aromatic carbocycles. The van der Waals surface area contributed by atoms with Crippen LogP contribution in [0.5, 0.6) is 0 Å². The molecular weight excluding hydrogens is 340 g/mol. The Bertz CT molecular complexity index is 674. The first-order valence-corrected chi connectivity index (χ1v) is 8.13. The highest BCUT2D eigenvalue weighted by Crippen LogP contribution is 2.26. The van der Waals surface area contributed by atoms with Crippen molar-refractivity contribution in [2.45, 2.75) is 33.6 Å². The number of nitrogens with one attached hydrogen (secondary N) is 1. The molecule has 1 N–H and O–H groups in total. The summed E-state index contributed by atoms with van der Waals surface area (Å²) in [5.41, 5.74) is 7.57. The van der Waals surface area contributed by atoms with Gasteiger partial charge in [-0.2, -0.15) is 5.10 Å². The van der Waals surface area contributed by atoms with Gasteiger partial charge in [0.2, 0.25) is 0 Å². The van der Waals surface area contributed by atoms with Crippen LogP contribution in [0.2, 0.25) is 0 Å². The van der Waals surface area contributed by atoms with Crippen LogP contribution in [-0.4, -0.2) is 11.6 Å². The molecule has 3 nitrogen and oxygen atoms in total. The van der Waals surface area contributed by atoms with Gasteiger partial charge in [-0.05, 0) is 62.8 Å². The van der Waals surface area contributed by atoms with Gasteiger partial charge in [-0.1, -0.05) is 40.2 Å². The molecule has 22 heavy (non-hydrogen) atoms. The Hall–Kier alpha value is -1.68. The summed E-state index contributed by atoms with van der Waals surface area (Å²) in [5, 5.41) is 4.32. The number of hydrazone groups is 1. The minimum Gasteiger partial charge on any atom is -0.267 e. The van der Waals surface area contributed by atoms with Crippen LogP contribution in [0, 0.1) is 12.8 Å². The molecular formula is C18H21BrN2O. The standard InChI is InChI=1S/C18H21BrN2O/c1-11(2)14-7-6-13(4)17(10-14)20-21-18(22)15-8-5-12(3)16(19)9-15/h5-6,8-9,14H,1,7,10H2,2-4H3,(H,21,22). The zero-order chi connectivity index (χ0) is 16.3. The molecule has 1 aliphatic rings. The van der Waals surface area contributed by atoms with E-state index in [9.17, 15) is 4.79 Å². The molecule has 1 atom stereocenters. The number of nitrogens with zero attached hydrogens (tertiary/aromatic N) is 1. The number of carbonyl (C=O) groups is 1. The molecule has 0 fully saturated rings. The van der Waals surface area contributed by atoms with Crippen LogP contribution in [0.15, 0.2) is 51.6 Å². The zero-order valence-corrected chi connectivity index (χ0v) is 14.8. The SMILES string of the molecule is C=C(C)C1CC=C(C)C(=NNC(=O)c2ccc(C)c(Br)c2)C1. The fourth-order valence-corrected chi connectivity index (χ4v) is 2.72. The van der Waals surface area contributed by atoms with E-state index in [-0.39, 0.29) is 5.91 Å². The number of rotatable bonds is 3. The van der Waals surface area contributed by atoms with E-state index in [1.807, 2.05) is 32.9 Å². The van der Waals surface area contributed by atoms with Crippen LogP contribution >= 0.6 is 15.9 Å². The summed E-state index contributed by atoms with van der Waals surface area (Å²) in [7, 11) is 0. The first kappa shape index (κ1) is 16.7. The summed E-state index contributed by atoms with van der Waals surface area (Å²) in [5.74, 6) is 0.214. The summed E-state index contributed by atoms with van der Waals surface area (Å²) in [6, 6.07) is 5.52. The summed E-state index contributed by atoms with van der Waals surface area (Å²) in [6.45, 7) is 10.1. The first-order chi connectivity index (χ1) is 10.4. The molecule has 116 valence electrons. The third-order valence-electron chi connectivity index (χ3n) is 4.03. The van der Waals surface area contributed by atoms with E-state index in [0.717, 1.165) is 39.7 Å². The lowest BCUT2D eigenvalue weighted by Gasteiger charge is -2.22. The fraction of sp³-hybridized carbons (Fsp3) is 0.333. The van der Waals surface area contributed by atoms with E-state index in [4.69, 9.17) is 0 Å². The van der Waals surface area contributed by atoms with E-state index in [2.05, 4.69) is 39.1 Å². The van der Waals surface area contributed by atoms with E-state index in [1.165, 1.54) is 0 Å². The number of hydrogen-bond acceptors (Lipinski definition) is 2. The Kier molecular flexibility index (Phi) is 5.35. The zero-order valence-electron chi connectivity index (χ0n) is 13.2. The van der Waals surface area contributed by atoms with E-state index >= 15 is 0 Å². The minimum absolute atomic E-state index is 0.196. The molecule has 1 aromatic rings. The maximum atomic E-state index is 12.2. The molecule has 0 bridgehead atoms. The first-order valence-electron chi connectivity index (χ1n) is 7.34. The second kappa shape index (κ2) is 7.05. The van der Waals surface area contributed by atoms with Crippen molar-refractivity contribution in [1.82, 2.24) is 5.43 Å². The molecule has 1 aliphatic carbocycles. The average molecular weight is 361 g/mol. The van der Waals surface area contributed by atoms with Gasteiger partial charge in [0, 0.05) is 10.0 Å². The molecule has 1 unspecified atom stereocenters. The quantitative estimate of drug-likeness (QED) is 0.611. The summed E-state index contributed by atoms with van der Waals surface area (Å²) in [4.78, 5) is 12.2. The Morgan fingerprint density at radius 3 is 2.77 bits per heavy atom. The predicted octanol–water partition coefficient (Wildman–Crippen LogP) is 4.78. The highest BCUT2D eigenvalue weighted by atomic mass is 79.9. The van der Waals surface area contributed by atoms with Crippen molar-refractivity contribution in [3.8, 4) is 0 Å². The molecule has 4 heteroatoms. The highest BCUT2D eigenvalue weighted by Gasteiger charge is 2.19. The minimum atomic E-state index is -0.196. The summed E-state index contributed by atoms with van der Waals surface area (Å²) >= 11 is 3.44. The predicted molar refractivity (Wildman–Crippen MR) is 95.1 cm³/mol. The monoisotopic (exact) mass is 360 g/mol.